The molecule has 1 heterocycles. The fraction of sp³-hybridized carbons (Fsp3) is 0.267. The topological polar surface area (TPSA) is 45.5 Å². The highest BCUT2D eigenvalue weighted by molar-refractivity contribution is 6.36. The quantitative estimate of drug-likeness (QED) is 0.840. The van der Waals surface area contributed by atoms with Gasteiger partial charge in [0.1, 0.15) is 11.6 Å². The van der Waals surface area contributed by atoms with E-state index in [1.165, 1.54) is 6.07 Å². The minimum atomic E-state index is -0.689. The van der Waals surface area contributed by atoms with E-state index in [-0.39, 0.29) is 21.7 Å². The minimum absolute atomic E-state index is 0.0421. The summed E-state index contributed by atoms with van der Waals surface area (Å²) in [6, 6.07) is 5.70. The zero-order chi connectivity index (χ0) is 16.3. The smallest absolute Gasteiger partial charge is 0.252 e. The molecule has 0 aliphatic heterocycles. The third-order valence-electron chi connectivity index (χ3n) is 3.21. The van der Waals surface area contributed by atoms with Gasteiger partial charge in [-0.15, -0.1) is 0 Å². The van der Waals surface area contributed by atoms with Crippen molar-refractivity contribution in [2.45, 2.75) is 6.04 Å². The van der Waals surface area contributed by atoms with Crippen molar-refractivity contribution in [3.05, 3.63) is 57.7 Å². The number of halogens is 3. The average molecular weight is 345 g/mol. The number of hydrogen-bond acceptors (Lipinski definition) is 3. The second kappa shape index (κ2) is 7.13. The van der Waals surface area contributed by atoms with Gasteiger partial charge >= 0.3 is 0 Å². The molecular weight excluding hydrogens is 330 g/mol. The van der Waals surface area contributed by atoms with Crippen LogP contribution in [0.2, 0.25) is 10.0 Å². The van der Waals surface area contributed by atoms with E-state index in [9.17, 15) is 9.18 Å². The number of nitrogens with one attached hydrogen (secondary N) is 1. The molecule has 0 saturated heterocycles. The Morgan fingerprint density at radius 2 is 2.09 bits per heavy atom. The van der Waals surface area contributed by atoms with Gasteiger partial charge in [-0.1, -0.05) is 23.2 Å². The molecule has 2 rings (SSSR count). The van der Waals surface area contributed by atoms with Crippen LogP contribution in [-0.2, 0) is 0 Å². The lowest BCUT2D eigenvalue weighted by Gasteiger charge is -2.22. The largest absolute Gasteiger partial charge is 0.468 e. The van der Waals surface area contributed by atoms with Crippen LogP contribution in [0.15, 0.2) is 34.9 Å². The standard InChI is InChI=1S/C15H15Cl2FN2O2/c1-20(2)13(14-4-3-5-22-14)8-19-15(21)9-6-12(18)11(17)7-10(9)16/h3-7,13H,8H2,1-2H3,(H,19,21). The molecule has 2 aromatic rings. The van der Waals surface area contributed by atoms with E-state index in [0.717, 1.165) is 11.8 Å². The Morgan fingerprint density at radius 3 is 2.68 bits per heavy atom. The summed E-state index contributed by atoms with van der Waals surface area (Å²) in [5, 5.41) is 2.70. The van der Waals surface area contributed by atoms with Gasteiger partial charge in [0, 0.05) is 6.54 Å². The fourth-order valence-corrected chi connectivity index (χ4v) is 2.47. The minimum Gasteiger partial charge on any atom is -0.468 e. The van der Waals surface area contributed by atoms with Crippen LogP contribution in [0, 0.1) is 5.82 Å². The summed E-state index contributed by atoms with van der Waals surface area (Å²) in [5.74, 6) is -0.441. The molecule has 0 saturated carbocycles. The SMILES string of the molecule is CN(C)C(CNC(=O)c1cc(F)c(Cl)cc1Cl)c1ccco1. The summed E-state index contributed by atoms with van der Waals surface area (Å²) in [6.45, 7) is 0.292. The van der Waals surface area contributed by atoms with Gasteiger partial charge in [-0.05, 0) is 38.4 Å². The molecule has 1 aromatic heterocycles. The Hall–Kier alpha value is -1.56. The molecule has 1 amide bonds. The number of nitrogens with zero attached hydrogens (tertiary/aromatic N) is 1. The second-order valence-corrected chi connectivity index (χ2v) is 5.77. The van der Waals surface area contributed by atoms with E-state index in [2.05, 4.69) is 5.32 Å². The molecule has 1 atom stereocenters. The van der Waals surface area contributed by atoms with Gasteiger partial charge in [0.05, 0.1) is 27.9 Å². The normalized spacial score (nSPS) is 12.5. The van der Waals surface area contributed by atoms with Crippen LogP contribution in [0.5, 0.6) is 0 Å². The first-order valence-corrected chi connectivity index (χ1v) is 7.28. The van der Waals surface area contributed by atoms with Gasteiger partial charge in [-0.3, -0.25) is 9.69 Å². The number of benzene rings is 1. The number of furan rings is 1. The van der Waals surface area contributed by atoms with Crippen LogP contribution < -0.4 is 5.32 Å². The predicted octanol–water partition coefficient (Wildman–Crippen LogP) is 3.76. The van der Waals surface area contributed by atoms with Crippen molar-refractivity contribution in [3.8, 4) is 0 Å². The molecule has 118 valence electrons. The molecule has 0 aliphatic carbocycles. The molecule has 1 N–H and O–H groups in total. The van der Waals surface area contributed by atoms with Gasteiger partial charge in [-0.25, -0.2) is 4.39 Å². The van der Waals surface area contributed by atoms with Crippen LogP contribution in [0.25, 0.3) is 0 Å². The summed E-state index contributed by atoms with van der Waals surface area (Å²) >= 11 is 11.5. The molecule has 22 heavy (non-hydrogen) atoms. The van der Waals surface area contributed by atoms with Gasteiger partial charge in [0.25, 0.3) is 5.91 Å². The maximum absolute atomic E-state index is 13.5. The van der Waals surface area contributed by atoms with E-state index < -0.39 is 11.7 Å². The zero-order valence-corrected chi connectivity index (χ0v) is 13.6. The first-order chi connectivity index (χ1) is 10.4. The zero-order valence-electron chi connectivity index (χ0n) is 12.1. The van der Waals surface area contributed by atoms with Crippen molar-refractivity contribution in [1.29, 1.82) is 0 Å². The molecule has 4 nitrogen and oxygen atoms in total. The summed E-state index contributed by atoms with van der Waals surface area (Å²) < 4.78 is 18.8. The van der Waals surface area contributed by atoms with Gasteiger partial charge < -0.3 is 9.73 Å². The van der Waals surface area contributed by atoms with E-state index in [1.807, 2.05) is 25.1 Å². The number of likely N-dealkylation sites (N-methyl/N-ethyl adjacent to an activating group) is 1. The van der Waals surface area contributed by atoms with E-state index >= 15 is 0 Å². The highest BCUT2D eigenvalue weighted by Gasteiger charge is 2.20. The monoisotopic (exact) mass is 344 g/mol. The third-order valence-corrected chi connectivity index (χ3v) is 3.81. The molecule has 0 bridgehead atoms. The second-order valence-electron chi connectivity index (χ2n) is 4.95. The molecule has 0 spiro atoms. The summed E-state index contributed by atoms with van der Waals surface area (Å²) in [4.78, 5) is 14.1. The van der Waals surface area contributed by atoms with E-state index in [1.54, 1.807) is 12.3 Å². The number of amides is 1. The lowest BCUT2D eigenvalue weighted by molar-refractivity contribution is 0.0939. The predicted molar refractivity (Wildman–Crippen MR) is 83.9 cm³/mol. The third kappa shape index (κ3) is 3.80. The highest BCUT2D eigenvalue weighted by Crippen LogP contribution is 2.24. The van der Waals surface area contributed by atoms with E-state index in [4.69, 9.17) is 27.6 Å². The Morgan fingerprint density at radius 1 is 1.36 bits per heavy atom. The molecular formula is C15H15Cl2FN2O2. The molecule has 0 fully saturated rings. The number of carbonyl (C=O) groups excluding carboxylic acids is 1. The first-order valence-electron chi connectivity index (χ1n) is 6.52. The van der Waals surface area contributed by atoms with Crippen LogP contribution in [0.4, 0.5) is 4.39 Å². The number of carbonyl (C=O) groups is 1. The van der Waals surface area contributed by atoms with Crippen molar-refractivity contribution in [2.24, 2.45) is 0 Å². The molecule has 0 aliphatic rings. The number of hydrogen-bond donors (Lipinski definition) is 1. The van der Waals surface area contributed by atoms with Gasteiger partial charge in [-0.2, -0.15) is 0 Å². The lowest BCUT2D eigenvalue weighted by atomic mass is 10.1. The van der Waals surface area contributed by atoms with Crippen molar-refractivity contribution < 1.29 is 13.6 Å². The van der Waals surface area contributed by atoms with Gasteiger partial charge in [0.2, 0.25) is 0 Å². The Labute approximate surface area is 137 Å². The fourth-order valence-electron chi connectivity index (χ4n) is 2.00. The Kier molecular flexibility index (Phi) is 5.45. The van der Waals surface area contributed by atoms with E-state index in [0.29, 0.717) is 6.54 Å². The molecule has 7 heteroatoms. The average Bonchev–Trinajstić information content (AvgIpc) is 2.96. The Balaban J connectivity index is 2.10. The van der Waals surface area contributed by atoms with Crippen LogP contribution in [-0.4, -0.2) is 31.4 Å². The van der Waals surface area contributed by atoms with Crippen molar-refractivity contribution in [1.82, 2.24) is 10.2 Å². The maximum Gasteiger partial charge on any atom is 0.252 e. The lowest BCUT2D eigenvalue weighted by Crippen LogP contribution is -2.34. The molecule has 0 radical (unpaired) electrons. The van der Waals surface area contributed by atoms with Crippen LogP contribution in [0.3, 0.4) is 0 Å². The van der Waals surface area contributed by atoms with Crippen molar-refractivity contribution in [3.63, 3.8) is 0 Å². The van der Waals surface area contributed by atoms with Crippen LogP contribution >= 0.6 is 23.2 Å². The summed E-state index contributed by atoms with van der Waals surface area (Å²) in [5.41, 5.74) is 0.0421. The maximum atomic E-state index is 13.5. The number of rotatable bonds is 5. The van der Waals surface area contributed by atoms with Crippen LogP contribution in [0.1, 0.15) is 22.2 Å². The molecule has 1 unspecified atom stereocenters. The summed E-state index contributed by atoms with van der Waals surface area (Å²) in [6.07, 6.45) is 1.57. The van der Waals surface area contributed by atoms with Crippen molar-refractivity contribution >= 4 is 29.1 Å². The molecule has 1 aromatic carbocycles. The highest BCUT2D eigenvalue weighted by atomic mass is 35.5. The first kappa shape index (κ1) is 16.8. The van der Waals surface area contributed by atoms with Gasteiger partial charge in [0.15, 0.2) is 0 Å². The van der Waals surface area contributed by atoms with Crippen molar-refractivity contribution in [2.75, 3.05) is 20.6 Å². The Bertz CT molecular complexity index is 660. The summed E-state index contributed by atoms with van der Waals surface area (Å²) in [7, 11) is 3.74.